The van der Waals surface area contributed by atoms with Gasteiger partial charge in [0.05, 0.1) is 17.8 Å². The largest absolute Gasteiger partial charge is 0.367 e. The van der Waals surface area contributed by atoms with Crippen LogP contribution in [0.4, 0.5) is 17.5 Å². The van der Waals surface area contributed by atoms with E-state index in [9.17, 15) is 14.4 Å². The van der Waals surface area contributed by atoms with Crippen LogP contribution in [0.1, 0.15) is 72.1 Å². The third-order valence-corrected chi connectivity index (χ3v) is 11.0. The molecule has 0 bridgehead atoms. The fourth-order valence-corrected chi connectivity index (χ4v) is 8.12. The lowest BCUT2D eigenvalue weighted by Gasteiger charge is -2.49. The number of imide groups is 1. The lowest BCUT2D eigenvalue weighted by molar-refractivity contribution is -0.134. The maximum absolute atomic E-state index is 13.0. The van der Waals surface area contributed by atoms with E-state index in [-0.39, 0.29) is 29.7 Å². The van der Waals surface area contributed by atoms with Crippen molar-refractivity contribution in [2.24, 2.45) is 0 Å². The number of nitrogens with one attached hydrogen (secondary N) is 2. The van der Waals surface area contributed by atoms with Crippen molar-refractivity contribution in [3.05, 3.63) is 71.7 Å². The van der Waals surface area contributed by atoms with E-state index in [1.807, 2.05) is 30.5 Å². The molecule has 0 radical (unpaired) electrons. The molecule has 3 aromatic heterocycles. The van der Waals surface area contributed by atoms with Crippen LogP contribution in [0, 0.1) is 0 Å². The molecule has 1 aliphatic carbocycles. The molecule has 266 valence electrons. The Labute approximate surface area is 298 Å². The summed E-state index contributed by atoms with van der Waals surface area (Å²) in [7, 11) is 3.57. The number of carbonyl (C=O) groups excluding carboxylic acids is 3. The summed E-state index contributed by atoms with van der Waals surface area (Å²) in [5.74, 6) is 0.519. The SMILES string of the molecule is CN(C)C(=O)c1cc2cnc(Nc3ccc(N4CC(N5CCN(Cc6cccc(C7CCC(=O)NC7=O)c6)CC5)C4)cn3)nc2n1C1CCCC1. The number of fused-ring (bicyclic) bond motifs is 1. The molecule has 3 saturated heterocycles. The summed E-state index contributed by atoms with van der Waals surface area (Å²) in [5.41, 5.74) is 4.76. The molecule has 4 aliphatic rings. The monoisotopic (exact) mass is 690 g/mol. The smallest absolute Gasteiger partial charge is 0.270 e. The first kappa shape index (κ1) is 33.3. The van der Waals surface area contributed by atoms with Gasteiger partial charge in [-0.1, -0.05) is 37.1 Å². The number of nitrogens with zero attached hydrogens (tertiary/aromatic N) is 8. The van der Waals surface area contributed by atoms with Gasteiger partial charge in [-0.15, -0.1) is 0 Å². The minimum absolute atomic E-state index is 0.0197. The molecule has 6 heterocycles. The van der Waals surface area contributed by atoms with Gasteiger partial charge in [0.15, 0.2) is 0 Å². The molecule has 51 heavy (non-hydrogen) atoms. The van der Waals surface area contributed by atoms with Crippen molar-refractivity contribution in [3.63, 3.8) is 0 Å². The highest BCUT2D eigenvalue weighted by Crippen LogP contribution is 2.35. The summed E-state index contributed by atoms with van der Waals surface area (Å²) in [6.07, 6.45) is 9.09. The Morgan fingerprint density at radius 2 is 1.75 bits per heavy atom. The molecule has 3 aliphatic heterocycles. The average Bonchev–Trinajstić information content (AvgIpc) is 3.77. The Balaban J connectivity index is 0.836. The average molecular weight is 691 g/mol. The van der Waals surface area contributed by atoms with Gasteiger partial charge < -0.3 is 19.7 Å². The van der Waals surface area contributed by atoms with Gasteiger partial charge >= 0.3 is 0 Å². The van der Waals surface area contributed by atoms with Gasteiger partial charge in [-0.05, 0) is 48.6 Å². The number of carbonyl (C=O) groups is 3. The second-order valence-corrected chi connectivity index (χ2v) is 14.7. The van der Waals surface area contributed by atoms with Crippen molar-refractivity contribution in [3.8, 4) is 0 Å². The number of benzene rings is 1. The first-order chi connectivity index (χ1) is 24.8. The maximum atomic E-state index is 13.0. The number of aromatic nitrogens is 4. The minimum atomic E-state index is -0.247. The second kappa shape index (κ2) is 14.0. The fourth-order valence-electron chi connectivity index (χ4n) is 8.12. The summed E-state index contributed by atoms with van der Waals surface area (Å²) in [5, 5.41) is 6.63. The number of hydrogen-bond donors (Lipinski definition) is 2. The van der Waals surface area contributed by atoms with Crippen molar-refractivity contribution in [2.75, 3.05) is 63.6 Å². The van der Waals surface area contributed by atoms with Crippen molar-refractivity contribution < 1.29 is 14.4 Å². The van der Waals surface area contributed by atoms with Gasteiger partial charge in [0.25, 0.3) is 5.91 Å². The normalized spacial score (nSPS) is 20.8. The molecular formula is C38H46N10O3. The highest BCUT2D eigenvalue weighted by molar-refractivity contribution is 6.01. The topological polar surface area (TPSA) is 132 Å². The van der Waals surface area contributed by atoms with Gasteiger partial charge in [0.2, 0.25) is 17.8 Å². The predicted molar refractivity (Wildman–Crippen MR) is 195 cm³/mol. The Morgan fingerprint density at radius 1 is 0.941 bits per heavy atom. The van der Waals surface area contributed by atoms with Gasteiger partial charge in [0, 0.05) is 90.0 Å². The van der Waals surface area contributed by atoms with E-state index in [1.165, 1.54) is 5.56 Å². The number of pyridine rings is 1. The molecule has 1 unspecified atom stereocenters. The molecule has 4 aromatic rings. The molecule has 13 heteroatoms. The van der Waals surface area contributed by atoms with Crippen LogP contribution in [-0.4, -0.2) is 111 Å². The standard InChI is InChI=1S/C38H46N10O3/c1-44(2)37(51)32-19-27-20-40-38(43-35(27)48(32)28-8-3-4-9-28)41-33-12-10-29(21-39-33)47-23-30(24-47)46-16-14-45(15-17-46)22-25-6-5-7-26(18-25)31-11-13-34(49)42-36(31)50/h5-7,10,12,18-21,28,30-31H,3-4,8-9,11,13-17,22-24H2,1-2H3,(H,42,49,50)(H,39,40,41,43). The zero-order chi connectivity index (χ0) is 35.1. The van der Waals surface area contributed by atoms with Crippen LogP contribution in [0.25, 0.3) is 11.0 Å². The molecule has 13 nitrogen and oxygen atoms in total. The van der Waals surface area contributed by atoms with Crippen molar-refractivity contribution in [2.45, 2.75) is 63.1 Å². The number of piperidine rings is 1. The van der Waals surface area contributed by atoms with Gasteiger partial charge in [-0.3, -0.25) is 29.5 Å². The number of rotatable bonds is 9. The lowest BCUT2D eigenvalue weighted by atomic mass is 9.89. The second-order valence-electron chi connectivity index (χ2n) is 14.7. The van der Waals surface area contributed by atoms with Crippen LogP contribution >= 0.6 is 0 Å². The molecule has 1 saturated carbocycles. The van der Waals surface area contributed by atoms with Crippen molar-refractivity contribution in [1.82, 2.24) is 39.5 Å². The van der Waals surface area contributed by atoms with E-state index in [1.54, 1.807) is 25.2 Å². The number of amides is 3. The Hall–Kier alpha value is -4.88. The van der Waals surface area contributed by atoms with E-state index in [2.05, 4.69) is 58.1 Å². The Bertz CT molecular complexity index is 1920. The molecule has 2 N–H and O–H groups in total. The Kier molecular flexibility index (Phi) is 9.15. The third kappa shape index (κ3) is 6.92. The summed E-state index contributed by atoms with van der Waals surface area (Å²) >= 11 is 0. The van der Waals surface area contributed by atoms with Crippen LogP contribution in [-0.2, 0) is 16.1 Å². The van der Waals surface area contributed by atoms with Crippen molar-refractivity contribution >= 4 is 46.2 Å². The van der Waals surface area contributed by atoms with Crippen LogP contribution in [0.5, 0.6) is 0 Å². The molecule has 0 spiro atoms. The maximum Gasteiger partial charge on any atom is 0.270 e. The van der Waals surface area contributed by atoms with Gasteiger partial charge in [-0.25, -0.2) is 9.97 Å². The minimum Gasteiger partial charge on any atom is -0.367 e. The molecule has 1 atom stereocenters. The fraction of sp³-hybridized carbons (Fsp3) is 0.474. The first-order valence-electron chi connectivity index (χ1n) is 18.3. The highest BCUT2D eigenvalue weighted by Gasteiger charge is 2.34. The summed E-state index contributed by atoms with van der Waals surface area (Å²) in [6.45, 7) is 6.91. The van der Waals surface area contributed by atoms with Gasteiger partial charge in [-0.2, -0.15) is 4.98 Å². The number of hydrogen-bond acceptors (Lipinski definition) is 10. The van der Waals surface area contributed by atoms with Gasteiger partial charge in [0.1, 0.15) is 17.2 Å². The quantitative estimate of drug-likeness (QED) is 0.249. The van der Waals surface area contributed by atoms with E-state index in [0.717, 1.165) is 93.8 Å². The van der Waals surface area contributed by atoms with Crippen LogP contribution in [0.15, 0.2) is 54.9 Å². The molecule has 4 fully saturated rings. The summed E-state index contributed by atoms with van der Waals surface area (Å²) in [4.78, 5) is 60.2. The third-order valence-electron chi connectivity index (χ3n) is 11.0. The van der Waals surface area contributed by atoms with E-state index >= 15 is 0 Å². The van der Waals surface area contributed by atoms with E-state index in [0.29, 0.717) is 36.3 Å². The molecule has 1 aromatic carbocycles. The summed E-state index contributed by atoms with van der Waals surface area (Å²) < 4.78 is 2.12. The van der Waals surface area contributed by atoms with Crippen LogP contribution in [0.2, 0.25) is 0 Å². The Morgan fingerprint density at radius 3 is 2.47 bits per heavy atom. The number of piperazine rings is 1. The zero-order valence-electron chi connectivity index (χ0n) is 29.4. The lowest BCUT2D eigenvalue weighted by Crippen LogP contribution is -2.63. The van der Waals surface area contributed by atoms with E-state index in [4.69, 9.17) is 4.98 Å². The number of anilines is 3. The predicted octanol–water partition coefficient (Wildman–Crippen LogP) is 3.91. The molecule has 8 rings (SSSR count). The zero-order valence-corrected chi connectivity index (χ0v) is 29.4. The highest BCUT2D eigenvalue weighted by atomic mass is 16.2. The van der Waals surface area contributed by atoms with Crippen molar-refractivity contribution in [1.29, 1.82) is 0 Å². The van der Waals surface area contributed by atoms with Crippen LogP contribution in [0.3, 0.4) is 0 Å². The molecule has 3 amide bonds. The first-order valence-corrected chi connectivity index (χ1v) is 18.3. The van der Waals surface area contributed by atoms with Crippen LogP contribution < -0.4 is 15.5 Å². The van der Waals surface area contributed by atoms with E-state index < -0.39 is 0 Å². The summed E-state index contributed by atoms with van der Waals surface area (Å²) in [6, 6.07) is 15.1. The molecular weight excluding hydrogens is 644 g/mol.